The molecule has 10 rings (SSSR count). The van der Waals surface area contributed by atoms with Crippen LogP contribution in [0.2, 0.25) is 0 Å². The molecule has 0 spiro atoms. The minimum Gasteiger partial charge on any atom is -0.456 e. The zero-order valence-corrected chi connectivity index (χ0v) is 27.5. The predicted molar refractivity (Wildman–Crippen MR) is 211 cm³/mol. The third-order valence-corrected chi connectivity index (χ3v) is 12.3. The molecule has 0 saturated heterocycles. The van der Waals surface area contributed by atoms with Gasteiger partial charge in [0.1, 0.15) is 22.3 Å². The summed E-state index contributed by atoms with van der Waals surface area (Å²) in [6, 6.07) is 45.6. The molecule has 2 nitrogen and oxygen atoms in total. The van der Waals surface area contributed by atoms with E-state index in [2.05, 4.69) is 140 Å². The lowest BCUT2D eigenvalue weighted by Gasteiger charge is -2.19. The maximum atomic E-state index is 6.72. The highest BCUT2D eigenvalue weighted by molar-refractivity contribution is 14.2. The molecule has 47 heavy (non-hydrogen) atoms. The van der Waals surface area contributed by atoms with Gasteiger partial charge in [-0.2, -0.15) is 0 Å². The van der Waals surface area contributed by atoms with E-state index in [0.717, 1.165) is 49.4 Å². The van der Waals surface area contributed by atoms with Crippen LogP contribution in [0, 0.1) is 0 Å². The highest BCUT2D eigenvalue weighted by Crippen LogP contribution is 2.48. The number of furan rings is 2. The van der Waals surface area contributed by atoms with Crippen molar-refractivity contribution < 1.29 is 8.83 Å². The summed E-state index contributed by atoms with van der Waals surface area (Å²) in [4.78, 5) is 0. The number of allylic oxidation sites excluding steroid dienone is 3. The Morgan fingerprint density at radius 3 is 1.77 bits per heavy atom. The van der Waals surface area contributed by atoms with Crippen molar-refractivity contribution in [3.63, 3.8) is 0 Å². The average Bonchev–Trinajstić information content (AvgIpc) is 3.69. The number of fused-ring (bicyclic) bond motifs is 8. The summed E-state index contributed by atoms with van der Waals surface area (Å²) < 4.78 is 22.0. The van der Waals surface area contributed by atoms with Crippen LogP contribution in [-0.2, 0) is 0 Å². The molecule has 9 aromatic rings. The van der Waals surface area contributed by atoms with Gasteiger partial charge in [0, 0.05) is 27.1 Å². The summed E-state index contributed by atoms with van der Waals surface area (Å²) in [6.07, 6.45) is 4.36. The molecule has 0 N–H and O–H groups in total. The number of hydrogen-bond acceptors (Lipinski definition) is 2. The Hall–Kier alpha value is -5.39. The quantitative estimate of drug-likeness (QED) is 0.135. The molecular formula is C44H27IO2. The molecule has 0 radical (unpaired) electrons. The molecule has 3 heterocycles. The van der Waals surface area contributed by atoms with Crippen molar-refractivity contribution in [3.8, 4) is 22.3 Å². The third-order valence-electron chi connectivity index (χ3n) is 9.47. The molecule has 7 aromatic carbocycles. The topological polar surface area (TPSA) is 26.3 Å². The zero-order chi connectivity index (χ0) is 31.1. The Morgan fingerprint density at radius 1 is 0.489 bits per heavy atom. The minimum atomic E-state index is -1.49. The lowest BCUT2D eigenvalue weighted by molar-refractivity contribution is 0.668. The van der Waals surface area contributed by atoms with Gasteiger partial charge in [-0.1, -0.05) is 114 Å². The van der Waals surface area contributed by atoms with Crippen LogP contribution < -0.4 is 0 Å². The summed E-state index contributed by atoms with van der Waals surface area (Å²) in [6.45, 7) is 0. The van der Waals surface area contributed by atoms with Crippen LogP contribution in [0.15, 0.2) is 152 Å². The second kappa shape index (κ2) is 10.3. The lowest BCUT2D eigenvalue weighted by atomic mass is 9.84. The Kier molecular flexibility index (Phi) is 5.88. The lowest BCUT2D eigenvalue weighted by Crippen LogP contribution is -1.93. The first kappa shape index (κ1) is 26.8. The molecule has 0 amide bonds. The highest BCUT2D eigenvalue weighted by Gasteiger charge is 2.23. The van der Waals surface area contributed by atoms with Crippen molar-refractivity contribution in [3.05, 3.63) is 149 Å². The second-order valence-corrected chi connectivity index (χ2v) is 15.9. The van der Waals surface area contributed by atoms with E-state index >= 15 is 0 Å². The van der Waals surface area contributed by atoms with Crippen LogP contribution in [-0.4, -0.2) is 8.53 Å². The molecule has 0 unspecified atom stereocenters. The molecule has 0 saturated carbocycles. The van der Waals surface area contributed by atoms with Crippen molar-refractivity contribution in [2.75, 3.05) is 0 Å². The van der Waals surface area contributed by atoms with Gasteiger partial charge in [-0.3, -0.25) is 0 Å². The fourth-order valence-electron chi connectivity index (χ4n) is 7.48. The first-order valence-corrected chi connectivity index (χ1v) is 19.7. The van der Waals surface area contributed by atoms with Crippen molar-refractivity contribution in [2.24, 2.45) is 0 Å². The van der Waals surface area contributed by atoms with E-state index in [1.165, 1.54) is 49.4 Å². The molecule has 222 valence electrons. The van der Waals surface area contributed by atoms with E-state index in [1.54, 1.807) is 0 Å². The summed E-state index contributed by atoms with van der Waals surface area (Å²) >= 11 is -1.49. The minimum absolute atomic E-state index is 0.902. The van der Waals surface area contributed by atoms with E-state index < -0.39 is 18.9 Å². The first-order valence-electron chi connectivity index (χ1n) is 15.7. The number of hydrogen-bond donors (Lipinski definition) is 0. The van der Waals surface area contributed by atoms with E-state index in [-0.39, 0.29) is 0 Å². The van der Waals surface area contributed by atoms with Crippen LogP contribution in [0.3, 0.4) is 0 Å². The molecule has 1 aliphatic rings. The fourth-order valence-corrected chi connectivity index (χ4v) is 9.83. The maximum absolute atomic E-state index is 6.72. The zero-order valence-electron chi connectivity index (χ0n) is 25.3. The van der Waals surface area contributed by atoms with Crippen molar-refractivity contribution >= 4 is 98.4 Å². The van der Waals surface area contributed by atoms with Gasteiger partial charge >= 0.3 is 0 Å². The van der Waals surface area contributed by atoms with E-state index in [0.29, 0.717) is 0 Å². The SMILES string of the molecule is C=I1=CC(c2ccc(-c3c4ccccc4c(-c4ccc5oc6ccccc6c5c4)c4ccccc34)c3c2oc2ccccc23)=CC=C1. The molecule has 0 atom stereocenters. The monoisotopic (exact) mass is 714 g/mol. The predicted octanol–water partition coefficient (Wildman–Crippen LogP) is 12.8. The fraction of sp³-hybridized carbons (Fsp3) is 0. The summed E-state index contributed by atoms with van der Waals surface area (Å²) in [5.74, 6) is 0. The van der Waals surface area contributed by atoms with Crippen LogP contribution >= 0.6 is 18.9 Å². The van der Waals surface area contributed by atoms with Gasteiger partial charge in [0.15, 0.2) is 0 Å². The van der Waals surface area contributed by atoms with Gasteiger partial charge in [-0.25, -0.2) is 0 Å². The number of benzene rings is 7. The van der Waals surface area contributed by atoms with Crippen molar-refractivity contribution in [1.82, 2.24) is 0 Å². The second-order valence-electron chi connectivity index (χ2n) is 12.1. The third kappa shape index (κ3) is 4.03. The molecule has 0 aliphatic carbocycles. The Bertz CT molecular complexity index is 2870. The summed E-state index contributed by atoms with van der Waals surface area (Å²) in [5, 5.41) is 9.43. The molecule has 2 aromatic heterocycles. The van der Waals surface area contributed by atoms with Crippen molar-refractivity contribution in [1.29, 1.82) is 0 Å². The van der Waals surface area contributed by atoms with Crippen LogP contribution in [0.25, 0.3) is 93.2 Å². The van der Waals surface area contributed by atoms with Gasteiger partial charge in [-0.15, -0.1) is 18.9 Å². The van der Waals surface area contributed by atoms with E-state index in [9.17, 15) is 0 Å². The van der Waals surface area contributed by atoms with Gasteiger partial charge in [0.05, 0.1) is 0 Å². The largest absolute Gasteiger partial charge is 0.456 e. The van der Waals surface area contributed by atoms with E-state index in [4.69, 9.17) is 8.83 Å². The number of halogens is 1. The number of rotatable bonds is 3. The van der Waals surface area contributed by atoms with Gasteiger partial charge in [0.25, 0.3) is 0 Å². The van der Waals surface area contributed by atoms with Crippen LogP contribution in [0.4, 0.5) is 0 Å². The average molecular weight is 715 g/mol. The highest BCUT2D eigenvalue weighted by atomic mass is 127. The van der Waals surface area contributed by atoms with E-state index in [1.807, 2.05) is 12.1 Å². The maximum Gasteiger partial charge on any atom is 0.143 e. The van der Waals surface area contributed by atoms with Crippen molar-refractivity contribution in [2.45, 2.75) is 0 Å². The molecule has 3 heteroatoms. The Labute approximate surface area is 277 Å². The standard InChI is InChI=1S/C44H27IO2/c1-45-24-10-11-28(26-45)29-21-22-36(43-35-17-7-9-19-39(35)47-44(29)43)42-33-15-4-2-13-31(33)41(32-14-3-5-16-34(32)42)27-20-23-40-37(25-27)30-12-6-8-18-38(30)46-40/h2-26H,1H2. The smallest absolute Gasteiger partial charge is 0.143 e. The summed E-state index contributed by atoms with van der Waals surface area (Å²) in [7, 11) is 0. The Balaban J connectivity index is 1.32. The van der Waals surface area contributed by atoms with Crippen LogP contribution in [0.5, 0.6) is 0 Å². The number of para-hydroxylation sites is 2. The Morgan fingerprint density at radius 2 is 1.06 bits per heavy atom. The van der Waals surface area contributed by atoms with Gasteiger partial charge < -0.3 is 8.83 Å². The molecular weight excluding hydrogens is 687 g/mol. The molecule has 0 fully saturated rings. The molecule has 0 bridgehead atoms. The molecule has 1 aliphatic heterocycles. The first-order chi connectivity index (χ1) is 23.2. The van der Waals surface area contributed by atoms with Gasteiger partial charge in [0.2, 0.25) is 0 Å². The van der Waals surface area contributed by atoms with Crippen LogP contribution in [0.1, 0.15) is 5.56 Å². The summed E-state index contributed by atoms with van der Waals surface area (Å²) in [5.41, 5.74) is 10.8. The normalized spacial score (nSPS) is 13.7. The van der Waals surface area contributed by atoms with Gasteiger partial charge in [-0.05, 0) is 87.8 Å².